The highest BCUT2D eigenvalue weighted by molar-refractivity contribution is 5.72. The molecule has 102 valence electrons. The second kappa shape index (κ2) is 8.34. The fraction of sp³-hybridized carbons (Fsp3) is 0.438. The van der Waals surface area contributed by atoms with Gasteiger partial charge < -0.3 is 10.1 Å². The molecule has 1 rings (SSSR count). The van der Waals surface area contributed by atoms with Gasteiger partial charge in [0.15, 0.2) is 0 Å². The molecule has 0 aromatic heterocycles. The zero-order valence-electron chi connectivity index (χ0n) is 11.6. The highest BCUT2D eigenvalue weighted by atomic mass is 16.5. The Morgan fingerprint density at radius 3 is 2.68 bits per heavy atom. The fourth-order valence-corrected chi connectivity index (χ4v) is 1.59. The number of esters is 1. The lowest BCUT2D eigenvalue weighted by Crippen LogP contribution is -2.34. The van der Waals surface area contributed by atoms with Crippen LogP contribution in [0, 0.1) is 18.3 Å². The third-order valence-electron chi connectivity index (χ3n) is 2.91. The van der Waals surface area contributed by atoms with E-state index in [9.17, 15) is 4.79 Å². The Balaban J connectivity index is 2.31. The SMILES string of the molecule is C#CC(CC)NCC(C)C(=O)OCc1ccccc1. The van der Waals surface area contributed by atoms with Crippen molar-refractivity contribution in [1.29, 1.82) is 0 Å². The number of nitrogens with one attached hydrogen (secondary N) is 1. The summed E-state index contributed by atoms with van der Waals surface area (Å²) in [6.45, 7) is 4.70. The lowest BCUT2D eigenvalue weighted by molar-refractivity contribution is -0.149. The van der Waals surface area contributed by atoms with Crippen molar-refractivity contribution in [2.24, 2.45) is 5.92 Å². The molecular formula is C16H21NO2. The van der Waals surface area contributed by atoms with Gasteiger partial charge in [0.05, 0.1) is 12.0 Å². The third-order valence-corrected chi connectivity index (χ3v) is 2.91. The summed E-state index contributed by atoms with van der Waals surface area (Å²) in [6, 6.07) is 9.66. The Morgan fingerprint density at radius 2 is 2.11 bits per heavy atom. The molecule has 0 radical (unpaired) electrons. The van der Waals surface area contributed by atoms with Crippen LogP contribution in [0.4, 0.5) is 0 Å². The van der Waals surface area contributed by atoms with Gasteiger partial charge in [-0.25, -0.2) is 0 Å². The minimum atomic E-state index is -0.205. The van der Waals surface area contributed by atoms with Crippen molar-refractivity contribution >= 4 is 5.97 Å². The minimum absolute atomic E-state index is 0.0179. The van der Waals surface area contributed by atoms with Crippen molar-refractivity contribution in [2.75, 3.05) is 6.54 Å². The summed E-state index contributed by atoms with van der Waals surface area (Å²) in [5.41, 5.74) is 0.992. The molecule has 0 amide bonds. The van der Waals surface area contributed by atoms with E-state index in [1.54, 1.807) is 0 Å². The predicted molar refractivity (Wildman–Crippen MR) is 76.3 cm³/mol. The summed E-state index contributed by atoms with van der Waals surface area (Å²) in [5.74, 6) is 2.23. The molecule has 3 nitrogen and oxygen atoms in total. The molecule has 0 aliphatic heterocycles. The molecule has 0 bridgehead atoms. The molecule has 0 saturated carbocycles. The van der Waals surface area contributed by atoms with E-state index in [0.29, 0.717) is 13.2 Å². The van der Waals surface area contributed by atoms with E-state index in [4.69, 9.17) is 11.2 Å². The quantitative estimate of drug-likeness (QED) is 0.603. The summed E-state index contributed by atoms with van der Waals surface area (Å²) >= 11 is 0. The summed E-state index contributed by atoms with van der Waals surface area (Å²) < 4.78 is 5.26. The second-order valence-electron chi connectivity index (χ2n) is 4.53. The number of carbonyl (C=O) groups is 1. The largest absolute Gasteiger partial charge is 0.461 e. The lowest BCUT2D eigenvalue weighted by atomic mass is 10.1. The molecule has 0 saturated heterocycles. The van der Waals surface area contributed by atoms with Crippen LogP contribution in [0.3, 0.4) is 0 Å². The number of hydrogen-bond donors (Lipinski definition) is 1. The van der Waals surface area contributed by atoms with Crippen LogP contribution in [0.25, 0.3) is 0 Å². The average Bonchev–Trinajstić information content (AvgIpc) is 2.46. The normalized spacial score (nSPS) is 13.3. The number of benzene rings is 1. The van der Waals surface area contributed by atoms with Gasteiger partial charge in [0.1, 0.15) is 6.61 Å². The number of rotatable bonds is 7. The van der Waals surface area contributed by atoms with E-state index in [0.717, 1.165) is 12.0 Å². The molecule has 1 aromatic rings. The first-order valence-corrected chi connectivity index (χ1v) is 6.57. The Labute approximate surface area is 115 Å². The van der Waals surface area contributed by atoms with Crippen LogP contribution in [0.5, 0.6) is 0 Å². The first kappa shape index (κ1) is 15.3. The Hall–Kier alpha value is -1.79. The molecule has 3 heteroatoms. The molecule has 1 aromatic carbocycles. The first-order valence-electron chi connectivity index (χ1n) is 6.57. The molecule has 2 unspecified atom stereocenters. The van der Waals surface area contributed by atoms with Crippen molar-refractivity contribution in [3.05, 3.63) is 35.9 Å². The van der Waals surface area contributed by atoms with E-state index in [2.05, 4.69) is 11.2 Å². The molecule has 0 spiro atoms. The van der Waals surface area contributed by atoms with Gasteiger partial charge in [-0.3, -0.25) is 4.79 Å². The second-order valence-corrected chi connectivity index (χ2v) is 4.53. The number of terminal acetylenes is 1. The van der Waals surface area contributed by atoms with Gasteiger partial charge in [-0.1, -0.05) is 50.1 Å². The summed E-state index contributed by atoms with van der Waals surface area (Å²) in [7, 11) is 0. The van der Waals surface area contributed by atoms with Gasteiger partial charge in [0.2, 0.25) is 0 Å². The number of hydrogen-bond acceptors (Lipinski definition) is 3. The van der Waals surface area contributed by atoms with E-state index in [1.165, 1.54) is 0 Å². The number of carbonyl (C=O) groups excluding carboxylic acids is 1. The molecule has 1 N–H and O–H groups in total. The van der Waals surface area contributed by atoms with E-state index >= 15 is 0 Å². The maximum Gasteiger partial charge on any atom is 0.310 e. The van der Waals surface area contributed by atoms with Gasteiger partial charge in [0.25, 0.3) is 0 Å². The molecule has 2 atom stereocenters. The van der Waals surface area contributed by atoms with Crippen LogP contribution in [-0.4, -0.2) is 18.6 Å². The smallest absolute Gasteiger partial charge is 0.310 e. The molecule has 0 aliphatic rings. The van der Waals surface area contributed by atoms with Gasteiger partial charge in [-0.2, -0.15) is 0 Å². The molecular weight excluding hydrogens is 238 g/mol. The van der Waals surface area contributed by atoms with Gasteiger partial charge in [-0.15, -0.1) is 6.42 Å². The Morgan fingerprint density at radius 1 is 1.42 bits per heavy atom. The summed E-state index contributed by atoms with van der Waals surface area (Å²) in [4.78, 5) is 11.8. The van der Waals surface area contributed by atoms with E-state index in [1.807, 2.05) is 44.2 Å². The highest BCUT2D eigenvalue weighted by Gasteiger charge is 2.15. The standard InChI is InChI=1S/C16H21NO2/c1-4-15(5-2)17-11-13(3)16(18)19-12-14-9-7-6-8-10-14/h1,6-10,13,15,17H,5,11-12H2,2-3H3. The monoisotopic (exact) mass is 259 g/mol. The zero-order valence-corrected chi connectivity index (χ0v) is 11.6. The van der Waals surface area contributed by atoms with Crippen LogP contribution in [0.2, 0.25) is 0 Å². The average molecular weight is 259 g/mol. The molecule has 0 heterocycles. The van der Waals surface area contributed by atoms with Crippen LogP contribution >= 0.6 is 0 Å². The summed E-state index contributed by atoms with van der Waals surface area (Å²) in [6.07, 6.45) is 6.20. The van der Waals surface area contributed by atoms with Crippen molar-refractivity contribution in [2.45, 2.75) is 32.9 Å². The van der Waals surface area contributed by atoms with E-state index < -0.39 is 0 Å². The van der Waals surface area contributed by atoms with Gasteiger partial charge in [0, 0.05) is 6.54 Å². The predicted octanol–water partition coefficient (Wildman–Crippen LogP) is 2.37. The summed E-state index contributed by atoms with van der Waals surface area (Å²) in [5, 5.41) is 3.16. The molecule has 0 aliphatic carbocycles. The highest BCUT2D eigenvalue weighted by Crippen LogP contribution is 2.04. The lowest BCUT2D eigenvalue weighted by Gasteiger charge is -2.15. The topological polar surface area (TPSA) is 38.3 Å². The van der Waals surface area contributed by atoms with Crippen molar-refractivity contribution < 1.29 is 9.53 Å². The van der Waals surface area contributed by atoms with Gasteiger partial charge in [-0.05, 0) is 12.0 Å². The number of ether oxygens (including phenoxy) is 1. The Bertz CT molecular complexity index is 422. The Kier molecular flexibility index (Phi) is 6.70. The zero-order chi connectivity index (χ0) is 14.1. The van der Waals surface area contributed by atoms with Crippen molar-refractivity contribution in [1.82, 2.24) is 5.32 Å². The molecule has 0 fully saturated rings. The van der Waals surface area contributed by atoms with Gasteiger partial charge >= 0.3 is 5.97 Å². The van der Waals surface area contributed by atoms with E-state index in [-0.39, 0.29) is 17.9 Å². The molecule has 19 heavy (non-hydrogen) atoms. The first-order chi connectivity index (χ1) is 9.17. The van der Waals surface area contributed by atoms with Crippen LogP contribution in [0.1, 0.15) is 25.8 Å². The van der Waals surface area contributed by atoms with Crippen LogP contribution in [-0.2, 0) is 16.1 Å². The minimum Gasteiger partial charge on any atom is -0.461 e. The van der Waals surface area contributed by atoms with Crippen molar-refractivity contribution in [3.8, 4) is 12.3 Å². The maximum absolute atomic E-state index is 11.8. The van der Waals surface area contributed by atoms with Crippen LogP contribution in [0.15, 0.2) is 30.3 Å². The van der Waals surface area contributed by atoms with Crippen LogP contribution < -0.4 is 5.32 Å². The fourth-order valence-electron chi connectivity index (χ4n) is 1.59. The maximum atomic E-state index is 11.8. The third kappa shape index (κ3) is 5.58. The van der Waals surface area contributed by atoms with Crippen molar-refractivity contribution in [3.63, 3.8) is 0 Å².